The Morgan fingerprint density at radius 3 is 2.61 bits per heavy atom. The van der Waals surface area contributed by atoms with Crippen LogP contribution in [0.3, 0.4) is 0 Å². The molecule has 0 bridgehead atoms. The van der Waals surface area contributed by atoms with Crippen molar-refractivity contribution in [1.29, 1.82) is 0 Å². The van der Waals surface area contributed by atoms with Gasteiger partial charge in [0.15, 0.2) is 0 Å². The van der Waals surface area contributed by atoms with E-state index in [0.29, 0.717) is 29.7 Å². The Morgan fingerprint density at radius 2 is 1.75 bits per heavy atom. The fourth-order valence-corrected chi connectivity index (χ4v) is 6.82. The number of nitrogens with zero attached hydrogens (tertiary/aromatic N) is 2. The summed E-state index contributed by atoms with van der Waals surface area (Å²) in [6, 6.07) is 18.3. The zero-order chi connectivity index (χ0) is 19.0. The second kappa shape index (κ2) is 5.79. The van der Waals surface area contributed by atoms with E-state index >= 15 is 0 Å². The van der Waals surface area contributed by atoms with Crippen LogP contribution >= 0.6 is 0 Å². The molecule has 0 N–H and O–H groups in total. The predicted molar refractivity (Wildman–Crippen MR) is 111 cm³/mol. The quantitative estimate of drug-likeness (QED) is 0.585. The van der Waals surface area contributed by atoms with Gasteiger partial charge in [0.25, 0.3) is 0 Å². The van der Waals surface area contributed by atoms with Gasteiger partial charge in [-0.2, -0.15) is 0 Å². The largest absolute Gasteiger partial charge is 0.325 e. The maximum atomic E-state index is 13.6. The maximum absolute atomic E-state index is 13.6. The summed E-state index contributed by atoms with van der Waals surface area (Å²) in [5.74, 6) is 2.26. The lowest BCUT2D eigenvalue weighted by Gasteiger charge is -2.56. The van der Waals surface area contributed by atoms with Gasteiger partial charge in [-0.05, 0) is 60.3 Å². The standard InChI is InChI=1S/C25H27N2O/c1-15-11-12-22-19(13-15)23-17-8-4-3-7-16(17)14-20(23)24-18-9-5-6-10-21(18)26(2)25(28)27(22)24/h3-11,15,19-20,22-24H,12-14H2,1-2H3/q+1/t15?,19?,20-,22?,23-,24-/m1/s1. The predicted octanol–water partition coefficient (Wildman–Crippen LogP) is 5.19. The van der Waals surface area contributed by atoms with Crippen molar-refractivity contribution in [3.05, 3.63) is 71.6 Å². The molecule has 1 saturated heterocycles. The number of amides is 2. The Labute approximate surface area is 167 Å². The van der Waals surface area contributed by atoms with Crippen molar-refractivity contribution < 1.29 is 4.79 Å². The Kier molecular flexibility index (Phi) is 3.42. The number of fused-ring (bicyclic) bond motifs is 10. The molecule has 2 aliphatic heterocycles. The molecule has 142 valence electrons. The van der Waals surface area contributed by atoms with Crippen LogP contribution in [0.2, 0.25) is 0 Å². The molecule has 3 nitrogen and oxygen atoms in total. The highest BCUT2D eigenvalue weighted by molar-refractivity contribution is 5.95. The zero-order valence-electron chi connectivity index (χ0n) is 16.6. The lowest BCUT2D eigenvalue weighted by Crippen LogP contribution is -2.61. The van der Waals surface area contributed by atoms with Crippen LogP contribution in [0.15, 0.2) is 48.5 Å². The minimum absolute atomic E-state index is 0.191. The fourth-order valence-electron chi connectivity index (χ4n) is 6.82. The second-order valence-corrected chi connectivity index (χ2v) is 9.26. The molecular weight excluding hydrogens is 344 g/mol. The Balaban J connectivity index is 1.56. The van der Waals surface area contributed by atoms with Crippen LogP contribution in [0.5, 0.6) is 0 Å². The third-order valence-corrected chi connectivity index (χ3v) is 7.90. The molecule has 4 aliphatic rings. The first-order valence-corrected chi connectivity index (χ1v) is 10.7. The summed E-state index contributed by atoms with van der Waals surface area (Å²) in [6.45, 7) is 2.34. The van der Waals surface area contributed by atoms with Crippen molar-refractivity contribution in [3.8, 4) is 0 Å². The van der Waals surface area contributed by atoms with Gasteiger partial charge < -0.3 is 4.90 Å². The first-order chi connectivity index (χ1) is 13.6. The van der Waals surface area contributed by atoms with Gasteiger partial charge in [-0.15, -0.1) is 0 Å². The first-order valence-electron chi connectivity index (χ1n) is 10.7. The third kappa shape index (κ3) is 2.05. The van der Waals surface area contributed by atoms with Crippen molar-refractivity contribution in [3.63, 3.8) is 0 Å². The highest BCUT2D eigenvalue weighted by atomic mass is 16.2. The van der Waals surface area contributed by atoms with Crippen LogP contribution in [0, 0.1) is 24.2 Å². The molecule has 0 spiro atoms. The molecule has 2 fully saturated rings. The van der Waals surface area contributed by atoms with Gasteiger partial charge in [0, 0.05) is 7.05 Å². The molecule has 3 unspecified atom stereocenters. The van der Waals surface area contributed by atoms with Gasteiger partial charge in [0.2, 0.25) is 0 Å². The lowest BCUT2D eigenvalue weighted by atomic mass is 9.62. The van der Waals surface area contributed by atoms with Gasteiger partial charge in [-0.25, -0.2) is 4.79 Å². The molecule has 0 radical (unpaired) electrons. The minimum Gasteiger partial charge on any atom is -0.309 e. The van der Waals surface area contributed by atoms with Crippen molar-refractivity contribution in [2.45, 2.75) is 44.2 Å². The van der Waals surface area contributed by atoms with Crippen molar-refractivity contribution in [2.24, 2.45) is 17.8 Å². The number of anilines is 1. The number of piperidine rings is 1. The average Bonchev–Trinajstić information content (AvgIpc) is 3.11. The summed E-state index contributed by atoms with van der Waals surface area (Å²) >= 11 is 0. The van der Waals surface area contributed by atoms with E-state index < -0.39 is 0 Å². The molecule has 2 aromatic carbocycles. The van der Waals surface area contributed by atoms with Crippen LogP contribution in [-0.2, 0) is 6.42 Å². The van der Waals surface area contributed by atoms with Gasteiger partial charge in [-0.1, -0.05) is 42.5 Å². The first kappa shape index (κ1) is 16.5. The van der Waals surface area contributed by atoms with E-state index in [0.717, 1.165) is 18.5 Å². The van der Waals surface area contributed by atoms with E-state index in [9.17, 15) is 4.79 Å². The lowest BCUT2D eigenvalue weighted by molar-refractivity contribution is -0.00425. The maximum Gasteiger partial charge on any atom is 0.325 e. The van der Waals surface area contributed by atoms with Gasteiger partial charge in [0.05, 0.1) is 30.1 Å². The van der Waals surface area contributed by atoms with E-state index in [1.807, 2.05) is 11.9 Å². The van der Waals surface area contributed by atoms with E-state index in [4.69, 9.17) is 0 Å². The van der Waals surface area contributed by atoms with E-state index in [-0.39, 0.29) is 12.1 Å². The number of hydrogen-bond acceptors (Lipinski definition) is 1. The van der Waals surface area contributed by atoms with Gasteiger partial charge in [-0.3, -0.25) is 4.90 Å². The zero-order valence-corrected chi connectivity index (χ0v) is 16.6. The van der Waals surface area contributed by atoms with Crippen LogP contribution in [0.1, 0.15) is 48.4 Å². The molecule has 6 atom stereocenters. The highest BCUT2D eigenvalue weighted by Crippen LogP contribution is 2.60. The summed E-state index contributed by atoms with van der Waals surface area (Å²) in [6.07, 6.45) is 5.76. The number of rotatable bonds is 0. The molecular formula is C25H27N2O+. The SMILES string of the molecule is CC1[CH+]CC2C(C1)[C@H]1c3ccccc3C[C@H]1[C@H]1c3ccccc3N(C)C(=O)N21. The Morgan fingerprint density at radius 1 is 1.00 bits per heavy atom. The summed E-state index contributed by atoms with van der Waals surface area (Å²) in [5, 5.41) is 0. The topological polar surface area (TPSA) is 23.6 Å². The van der Waals surface area contributed by atoms with E-state index in [1.54, 1.807) is 5.56 Å². The summed E-state index contributed by atoms with van der Waals surface area (Å²) < 4.78 is 0. The third-order valence-electron chi connectivity index (χ3n) is 7.90. The van der Waals surface area contributed by atoms with Crippen LogP contribution in [-0.4, -0.2) is 24.0 Å². The molecule has 3 heteroatoms. The molecule has 2 aromatic rings. The molecule has 2 heterocycles. The van der Waals surface area contributed by atoms with Crippen LogP contribution < -0.4 is 4.90 Å². The number of carbonyl (C=O) groups is 1. The summed E-state index contributed by atoms with van der Waals surface area (Å²) in [7, 11) is 1.94. The number of para-hydroxylation sites is 1. The number of benzene rings is 2. The Bertz CT molecular complexity index is 953. The highest BCUT2D eigenvalue weighted by Gasteiger charge is 2.59. The summed E-state index contributed by atoms with van der Waals surface area (Å²) in [4.78, 5) is 17.7. The smallest absolute Gasteiger partial charge is 0.309 e. The van der Waals surface area contributed by atoms with Crippen molar-refractivity contribution >= 4 is 11.7 Å². The Hall–Kier alpha value is -2.42. The fraction of sp³-hybridized carbons (Fsp3) is 0.440. The molecule has 2 amide bonds. The average molecular weight is 372 g/mol. The monoisotopic (exact) mass is 371 g/mol. The van der Waals surface area contributed by atoms with Crippen LogP contribution in [0.25, 0.3) is 0 Å². The molecule has 1 saturated carbocycles. The molecule has 28 heavy (non-hydrogen) atoms. The second-order valence-electron chi connectivity index (χ2n) is 9.26. The number of hydrogen-bond donors (Lipinski definition) is 0. The van der Waals surface area contributed by atoms with Crippen molar-refractivity contribution in [1.82, 2.24) is 4.90 Å². The molecule has 2 aliphatic carbocycles. The van der Waals surface area contributed by atoms with Gasteiger partial charge in [0.1, 0.15) is 6.42 Å². The minimum atomic E-state index is 0.191. The molecule has 6 rings (SSSR count). The van der Waals surface area contributed by atoms with Crippen molar-refractivity contribution in [2.75, 3.05) is 11.9 Å². The van der Waals surface area contributed by atoms with Crippen LogP contribution in [0.4, 0.5) is 10.5 Å². The van der Waals surface area contributed by atoms with Gasteiger partial charge >= 0.3 is 6.03 Å². The number of carbonyl (C=O) groups excluding carboxylic acids is 1. The number of urea groups is 1. The van der Waals surface area contributed by atoms with E-state index in [1.165, 1.54) is 17.5 Å². The molecule has 0 aromatic heterocycles. The normalized spacial score (nSPS) is 35.3. The van der Waals surface area contributed by atoms with E-state index in [2.05, 4.69) is 66.8 Å². The summed E-state index contributed by atoms with van der Waals surface area (Å²) in [5.41, 5.74) is 5.49.